The van der Waals surface area contributed by atoms with Gasteiger partial charge in [0.05, 0.1) is 17.4 Å². The molecule has 0 unspecified atom stereocenters. The Morgan fingerprint density at radius 3 is 3.13 bits per heavy atom. The van der Waals surface area contributed by atoms with Gasteiger partial charge in [0.25, 0.3) is 0 Å². The van der Waals surface area contributed by atoms with Gasteiger partial charge >= 0.3 is 0 Å². The lowest BCUT2D eigenvalue weighted by Gasteiger charge is -2.13. The van der Waals surface area contributed by atoms with Crippen molar-refractivity contribution in [2.24, 2.45) is 0 Å². The van der Waals surface area contributed by atoms with Gasteiger partial charge in [0.15, 0.2) is 5.78 Å². The van der Waals surface area contributed by atoms with E-state index in [1.165, 1.54) is 0 Å². The molecule has 0 radical (unpaired) electrons. The van der Waals surface area contributed by atoms with Crippen LogP contribution in [-0.2, 0) is 6.42 Å². The standard InChI is InChI=1S/C12H10N2O/c15-12-3-1-2-10-9(12)6-8-4-5-13-7-11(8)14-10/h4-7H,1-3H2. The summed E-state index contributed by atoms with van der Waals surface area (Å²) in [7, 11) is 0. The summed E-state index contributed by atoms with van der Waals surface area (Å²) in [6, 6.07) is 3.84. The molecule has 0 bridgehead atoms. The van der Waals surface area contributed by atoms with Crippen LogP contribution < -0.4 is 0 Å². The summed E-state index contributed by atoms with van der Waals surface area (Å²) in [6.07, 6.45) is 5.96. The minimum Gasteiger partial charge on any atom is -0.294 e. The normalized spacial score (nSPS) is 15.3. The molecule has 3 nitrogen and oxygen atoms in total. The molecule has 0 atom stereocenters. The fraction of sp³-hybridized carbons (Fsp3) is 0.250. The van der Waals surface area contributed by atoms with Crippen LogP contribution in [0.15, 0.2) is 24.5 Å². The maximum atomic E-state index is 11.7. The van der Waals surface area contributed by atoms with E-state index in [-0.39, 0.29) is 5.78 Å². The van der Waals surface area contributed by atoms with E-state index in [2.05, 4.69) is 9.97 Å². The first-order valence-electron chi connectivity index (χ1n) is 5.11. The molecule has 0 fully saturated rings. The molecule has 2 aromatic rings. The molecule has 1 aliphatic carbocycles. The number of fused-ring (bicyclic) bond motifs is 2. The van der Waals surface area contributed by atoms with Crippen LogP contribution in [0.4, 0.5) is 0 Å². The average Bonchev–Trinajstić information content (AvgIpc) is 2.27. The highest BCUT2D eigenvalue weighted by atomic mass is 16.1. The number of nitrogens with zero attached hydrogens (tertiary/aromatic N) is 2. The number of rotatable bonds is 0. The van der Waals surface area contributed by atoms with Gasteiger partial charge in [0.1, 0.15) is 0 Å². The fourth-order valence-corrected chi connectivity index (χ4v) is 2.04. The number of hydrogen-bond donors (Lipinski definition) is 0. The Hall–Kier alpha value is -1.77. The first-order chi connectivity index (χ1) is 7.34. The zero-order valence-electron chi connectivity index (χ0n) is 8.23. The van der Waals surface area contributed by atoms with Crippen molar-refractivity contribution in [1.82, 2.24) is 9.97 Å². The van der Waals surface area contributed by atoms with E-state index in [0.29, 0.717) is 6.42 Å². The Bertz CT molecular complexity index is 548. The molecule has 0 N–H and O–H groups in total. The maximum Gasteiger partial charge on any atom is 0.164 e. The molecule has 2 heterocycles. The predicted octanol–water partition coefficient (Wildman–Crippen LogP) is 2.15. The van der Waals surface area contributed by atoms with Crippen LogP contribution in [0.25, 0.3) is 10.9 Å². The number of aryl methyl sites for hydroxylation is 1. The van der Waals surface area contributed by atoms with Gasteiger partial charge in [0.2, 0.25) is 0 Å². The topological polar surface area (TPSA) is 42.9 Å². The van der Waals surface area contributed by atoms with Gasteiger partial charge in [-0.05, 0) is 25.0 Å². The summed E-state index contributed by atoms with van der Waals surface area (Å²) in [5.41, 5.74) is 2.62. The van der Waals surface area contributed by atoms with Crippen molar-refractivity contribution in [3.63, 3.8) is 0 Å². The maximum absolute atomic E-state index is 11.7. The Morgan fingerprint density at radius 2 is 2.20 bits per heavy atom. The second-order valence-electron chi connectivity index (χ2n) is 3.83. The van der Waals surface area contributed by atoms with E-state index in [1.54, 1.807) is 12.4 Å². The summed E-state index contributed by atoms with van der Waals surface area (Å²) in [5.74, 6) is 0.225. The number of pyridine rings is 2. The highest BCUT2D eigenvalue weighted by Gasteiger charge is 2.18. The lowest BCUT2D eigenvalue weighted by molar-refractivity contribution is 0.0972. The number of aromatic nitrogens is 2. The van der Waals surface area contributed by atoms with E-state index in [0.717, 1.165) is 35.0 Å². The monoisotopic (exact) mass is 198 g/mol. The lowest BCUT2D eigenvalue weighted by Crippen LogP contribution is -2.12. The molecule has 3 heteroatoms. The third-order valence-electron chi connectivity index (χ3n) is 2.82. The largest absolute Gasteiger partial charge is 0.294 e. The van der Waals surface area contributed by atoms with Crippen molar-refractivity contribution < 1.29 is 4.79 Å². The van der Waals surface area contributed by atoms with Gasteiger partial charge in [-0.1, -0.05) is 0 Å². The first kappa shape index (κ1) is 8.53. The zero-order chi connectivity index (χ0) is 10.3. The summed E-state index contributed by atoms with van der Waals surface area (Å²) < 4.78 is 0. The molecule has 0 saturated carbocycles. The molecule has 0 saturated heterocycles. The SMILES string of the molecule is O=C1CCCc2nc3cnccc3cc21. The molecule has 0 spiro atoms. The van der Waals surface area contributed by atoms with E-state index < -0.39 is 0 Å². The zero-order valence-corrected chi connectivity index (χ0v) is 8.23. The third kappa shape index (κ3) is 1.31. The van der Waals surface area contributed by atoms with Gasteiger partial charge < -0.3 is 0 Å². The summed E-state index contributed by atoms with van der Waals surface area (Å²) >= 11 is 0. The number of Topliss-reactive ketones (excluding diaryl/α,β-unsaturated/α-hetero) is 1. The van der Waals surface area contributed by atoms with Crippen LogP contribution in [-0.4, -0.2) is 15.8 Å². The molecule has 3 rings (SSSR count). The van der Waals surface area contributed by atoms with Crippen molar-refractivity contribution in [3.8, 4) is 0 Å². The van der Waals surface area contributed by atoms with Crippen LogP contribution in [0.5, 0.6) is 0 Å². The molecule has 0 aliphatic heterocycles. The van der Waals surface area contributed by atoms with Gasteiger partial charge in [-0.3, -0.25) is 14.8 Å². The molecule has 0 aromatic carbocycles. The molecule has 2 aromatic heterocycles. The minimum atomic E-state index is 0.225. The summed E-state index contributed by atoms with van der Waals surface area (Å²) in [6.45, 7) is 0. The molecular weight excluding hydrogens is 188 g/mol. The number of carbonyl (C=O) groups excluding carboxylic acids is 1. The number of ketones is 1. The average molecular weight is 198 g/mol. The van der Waals surface area contributed by atoms with Gasteiger partial charge in [-0.15, -0.1) is 0 Å². The summed E-state index contributed by atoms with van der Waals surface area (Å²) in [4.78, 5) is 20.2. The Balaban J connectivity index is 2.32. The molecule has 1 aliphatic rings. The van der Waals surface area contributed by atoms with Crippen molar-refractivity contribution >= 4 is 16.7 Å². The van der Waals surface area contributed by atoms with E-state index in [4.69, 9.17) is 0 Å². The van der Waals surface area contributed by atoms with Crippen LogP contribution in [0.2, 0.25) is 0 Å². The second kappa shape index (κ2) is 3.12. The molecule has 0 amide bonds. The quantitative estimate of drug-likeness (QED) is 0.651. The van der Waals surface area contributed by atoms with E-state index in [9.17, 15) is 4.79 Å². The fourth-order valence-electron chi connectivity index (χ4n) is 2.04. The highest BCUT2D eigenvalue weighted by molar-refractivity contribution is 6.00. The first-order valence-corrected chi connectivity index (χ1v) is 5.11. The molecule has 15 heavy (non-hydrogen) atoms. The number of carbonyl (C=O) groups is 1. The Labute approximate surface area is 87.2 Å². The van der Waals surface area contributed by atoms with Crippen molar-refractivity contribution in [1.29, 1.82) is 0 Å². The van der Waals surface area contributed by atoms with Gasteiger partial charge in [0, 0.05) is 23.6 Å². The van der Waals surface area contributed by atoms with Crippen molar-refractivity contribution in [3.05, 3.63) is 35.8 Å². The van der Waals surface area contributed by atoms with Crippen LogP contribution in [0.3, 0.4) is 0 Å². The second-order valence-corrected chi connectivity index (χ2v) is 3.83. The Kier molecular flexibility index (Phi) is 1.78. The molecular formula is C12H10N2O. The van der Waals surface area contributed by atoms with Crippen LogP contribution in [0.1, 0.15) is 28.9 Å². The van der Waals surface area contributed by atoms with Gasteiger partial charge in [-0.2, -0.15) is 0 Å². The van der Waals surface area contributed by atoms with E-state index in [1.807, 2.05) is 12.1 Å². The smallest absolute Gasteiger partial charge is 0.164 e. The van der Waals surface area contributed by atoms with Gasteiger partial charge in [-0.25, -0.2) is 0 Å². The van der Waals surface area contributed by atoms with Crippen LogP contribution in [0, 0.1) is 0 Å². The summed E-state index contributed by atoms with van der Waals surface area (Å²) in [5, 5.41) is 0.999. The Morgan fingerprint density at radius 1 is 1.27 bits per heavy atom. The highest BCUT2D eigenvalue weighted by Crippen LogP contribution is 2.23. The van der Waals surface area contributed by atoms with Crippen molar-refractivity contribution in [2.75, 3.05) is 0 Å². The molecule has 74 valence electrons. The van der Waals surface area contributed by atoms with E-state index >= 15 is 0 Å². The van der Waals surface area contributed by atoms with Crippen molar-refractivity contribution in [2.45, 2.75) is 19.3 Å². The number of hydrogen-bond acceptors (Lipinski definition) is 3. The minimum absolute atomic E-state index is 0.225. The third-order valence-corrected chi connectivity index (χ3v) is 2.82. The predicted molar refractivity (Wildman–Crippen MR) is 56.8 cm³/mol. The van der Waals surface area contributed by atoms with Crippen LogP contribution >= 0.6 is 0 Å². The lowest BCUT2D eigenvalue weighted by atomic mass is 9.94.